The highest BCUT2D eigenvalue weighted by molar-refractivity contribution is 9.10. The number of carbonyl (C=O) groups excluding carboxylic acids is 1. The zero-order chi connectivity index (χ0) is 16.2. The summed E-state index contributed by atoms with van der Waals surface area (Å²) in [7, 11) is 1.62. The Labute approximate surface area is 143 Å². The van der Waals surface area contributed by atoms with Crippen LogP contribution in [0.5, 0.6) is 11.5 Å². The Morgan fingerprint density at radius 2 is 2.17 bits per heavy atom. The molecule has 5 heteroatoms. The van der Waals surface area contributed by atoms with Crippen molar-refractivity contribution in [2.75, 3.05) is 13.7 Å². The van der Waals surface area contributed by atoms with Gasteiger partial charge in [0.25, 0.3) is 5.91 Å². The number of hydrogen-bond donors (Lipinski definition) is 1. The summed E-state index contributed by atoms with van der Waals surface area (Å²) in [5.41, 5.74) is 2.49. The number of benzene rings is 2. The van der Waals surface area contributed by atoms with E-state index in [1.807, 2.05) is 48.5 Å². The summed E-state index contributed by atoms with van der Waals surface area (Å²) in [4.78, 5) is 12.3. The molecule has 0 atom stereocenters. The van der Waals surface area contributed by atoms with E-state index in [9.17, 15) is 4.79 Å². The maximum atomic E-state index is 12.3. The van der Waals surface area contributed by atoms with Crippen molar-refractivity contribution in [2.45, 2.75) is 6.54 Å². The molecular formula is C18H16BrNO3. The predicted octanol–water partition coefficient (Wildman–Crippen LogP) is 3.55. The van der Waals surface area contributed by atoms with Crippen molar-refractivity contribution in [3.63, 3.8) is 0 Å². The topological polar surface area (TPSA) is 47.6 Å². The van der Waals surface area contributed by atoms with Gasteiger partial charge in [-0.1, -0.05) is 28.1 Å². The van der Waals surface area contributed by atoms with Gasteiger partial charge in [-0.2, -0.15) is 0 Å². The molecule has 0 saturated carbocycles. The molecule has 0 spiro atoms. The van der Waals surface area contributed by atoms with E-state index in [1.54, 1.807) is 7.11 Å². The molecule has 0 radical (unpaired) electrons. The Morgan fingerprint density at radius 1 is 1.30 bits per heavy atom. The highest BCUT2D eigenvalue weighted by Gasteiger charge is 2.17. The number of methoxy groups -OCH3 is 1. The highest BCUT2D eigenvalue weighted by atomic mass is 79.9. The fourth-order valence-electron chi connectivity index (χ4n) is 2.36. The predicted molar refractivity (Wildman–Crippen MR) is 92.5 cm³/mol. The van der Waals surface area contributed by atoms with Crippen LogP contribution in [-0.2, 0) is 11.3 Å². The van der Waals surface area contributed by atoms with Gasteiger partial charge in [0.1, 0.15) is 18.1 Å². The zero-order valence-corrected chi connectivity index (χ0v) is 14.2. The largest absolute Gasteiger partial charge is 0.497 e. The third-order valence-corrected chi connectivity index (χ3v) is 4.06. The molecule has 0 saturated heterocycles. The van der Waals surface area contributed by atoms with Gasteiger partial charge < -0.3 is 14.8 Å². The molecule has 1 N–H and O–H groups in total. The molecule has 23 heavy (non-hydrogen) atoms. The van der Waals surface area contributed by atoms with Crippen molar-refractivity contribution in [1.29, 1.82) is 0 Å². The van der Waals surface area contributed by atoms with Crippen molar-refractivity contribution >= 4 is 27.9 Å². The minimum Gasteiger partial charge on any atom is -0.497 e. The van der Waals surface area contributed by atoms with Crippen LogP contribution in [0, 0.1) is 0 Å². The number of ether oxygens (including phenoxy) is 2. The summed E-state index contributed by atoms with van der Waals surface area (Å²) in [5, 5.41) is 2.91. The molecule has 3 rings (SSSR count). The van der Waals surface area contributed by atoms with Crippen LogP contribution < -0.4 is 14.8 Å². The molecule has 0 fully saturated rings. The highest BCUT2D eigenvalue weighted by Crippen LogP contribution is 2.29. The molecular weight excluding hydrogens is 358 g/mol. The normalized spacial score (nSPS) is 12.7. The molecule has 0 aliphatic carbocycles. The van der Waals surface area contributed by atoms with E-state index in [-0.39, 0.29) is 12.5 Å². The Morgan fingerprint density at radius 3 is 3.00 bits per heavy atom. The number of rotatable bonds is 4. The smallest absolute Gasteiger partial charge is 0.250 e. The van der Waals surface area contributed by atoms with Gasteiger partial charge in [0, 0.05) is 16.6 Å². The average Bonchev–Trinajstić information content (AvgIpc) is 2.59. The van der Waals surface area contributed by atoms with Crippen LogP contribution in [0.3, 0.4) is 0 Å². The SMILES string of the molecule is COc1cccc(CNC(=O)C2=Cc3cc(Br)ccc3OC2)c1. The van der Waals surface area contributed by atoms with Crippen molar-refractivity contribution in [3.05, 3.63) is 63.6 Å². The summed E-state index contributed by atoms with van der Waals surface area (Å²) in [5.74, 6) is 1.44. The Bertz CT molecular complexity index is 771. The minimum absolute atomic E-state index is 0.126. The van der Waals surface area contributed by atoms with Crippen LogP contribution in [0.2, 0.25) is 0 Å². The standard InChI is InChI=1S/C18H16BrNO3/c1-22-16-4-2-3-12(7-16)10-20-18(21)14-8-13-9-15(19)5-6-17(13)23-11-14/h2-9H,10-11H2,1H3,(H,20,21). The molecule has 0 aromatic heterocycles. The van der Waals surface area contributed by atoms with Gasteiger partial charge in [-0.05, 0) is 42.0 Å². The van der Waals surface area contributed by atoms with Crippen LogP contribution in [-0.4, -0.2) is 19.6 Å². The molecule has 0 bridgehead atoms. The molecule has 2 aromatic rings. The second kappa shape index (κ2) is 6.87. The zero-order valence-electron chi connectivity index (χ0n) is 12.6. The van der Waals surface area contributed by atoms with Gasteiger partial charge in [-0.15, -0.1) is 0 Å². The van der Waals surface area contributed by atoms with Crippen molar-refractivity contribution in [1.82, 2.24) is 5.32 Å². The van der Waals surface area contributed by atoms with Crippen molar-refractivity contribution < 1.29 is 14.3 Å². The van der Waals surface area contributed by atoms with Crippen LogP contribution in [0.4, 0.5) is 0 Å². The molecule has 2 aromatic carbocycles. The summed E-state index contributed by atoms with van der Waals surface area (Å²) >= 11 is 3.43. The molecule has 118 valence electrons. The minimum atomic E-state index is -0.126. The number of amides is 1. The van der Waals surface area contributed by atoms with E-state index in [0.717, 1.165) is 27.1 Å². The number of hydrogen-bond acceptors (Lipinski definition) is 3. The van der Waals surface area contributed by atoms with Crippen LogP contribution in [0.15, 0.2) is 52.5 Å². The molecule has 0 unspecified atom stereocenters. The number of halogens is 1. The van der Waals surface area contributed by atoms with Crippen molar-refractivity contribution in [3.8, 4) is 11.5 Å². The molecule has 1 aliphatic heterocycles. The lowest BCUT2D eigenvalue weighted by Crippen LogP contribution is -2.28. The Kier molecular flexibility index (Phi) is 4.67. The van der Waals surface area contributed by atoms with Gasteiger partial charge >= 0.3 is 0 Å². The van der Waals surface area contributed by atoms with Crippen molar-refractivity contribution in [2.24, 2.45) is 0 Å². The van der Waals surface area contributed by atoms with E-state index in [4.69, 9.17) is 9.47 Å². The van der Waals surface area contributed by atoms with E-state index in [2.05, 4.69) is 21.2 Å². The monoisotopic (exact) mass is 373 g/mol. The second-order valence-electron chi connectivity index (χ2n) is 5.17. The summed E-state index contributed by atoms with van der Waals surface area (Å²) in [6.07, 6.45) is 1.87. The third-order valence-electron chi connectivity index (χ3n) is 3.56. The maximum absolute atomic E-state index is 12.3. The molecule has 1 aliphatic rings. The van der Waals surface area contributed by atoms with E-state index >= 15 is 0 Å². The molecule has 1 heterocycles. The van der Waals surface area contributed by atoms with Gasteiger partial charge in [-0.3, -0.25) is 4.79 Å². The van der Waals surface area contributed by atoms with E-state index < -0.39 is 0 Å². The van der Waals surface area contributed by atoms with Gasteiger partial charge in [0.05, 0.1) is 12.7 Å². The maximum Gasteiger partial charge on any atom is 0.250 e. The van der Waals surface area contributed by atoms with Gasteiger partial charge in [0.15, 0.2) is 0 Å². The summed E-state index contributed by atoms with van der Waals surface area (Å²) in [6.45, 7) is 0.720. The number of carbonyl (C=O) groups is 1. The lowest BCUT2D eigenvalue weighted by Gasteiger charge is -2.18. The second-order valence-corrected chi connectivity index (χ2v) is 6.09. The average molecular weight is 374 g/mol. The Balaban J connectivity index is 1.69. The van der Waals surface area contributed by atoms with Crippen LogP contribution >= 0.6 is 15.9 Å². The third kappa shape index (κ3) is 3.74. The van der Waals surface area contributed by atoms with E-state index in [1.165, 1.54) is 0 Å². The quantitative estimate of drug-likeness (QED) is 0.891. The number of fused-ring (bicyclic) bond motifs is 1. The van der Waals surface area contributed by atoms with E-state index in [0.29, 0.717) is 12.1 Å². The Hall–Kier alpha value is -2.27. The lowest BCUT2D eigenvalue weighted by molar-refractivity contribution is -0.117. The fourth-order valence-corrected chi connectivity index (χ4v) is 2.74. The first-order valence-corrected chi connectivity index (χ1v) is 7.99. The molecule has 4 nitrogen and oxygen atoms in total. The van der Waals surface area contributed by atoms with Gasteiger partial charge in [-0.25, -0.2) is 0 Å². The van der Waals surface area contributed by atoms with Crippen LogP contribution in [0.1, 0.15) is 11.1 Å². The first kappa shape index (κ1) is 15.6. The van der Waals surface area contributed by atoms with Gasteiger partial charge in [0.2, 0.25) is 0 Å². The fraction of sp³-hybridized carbons (Fsp3) is 0.167. The van der Waals surface area contributed by atoms with Crippen LogP contribution in [0.25, 0.3) is 6.08 Å². The molecule has 1 amide bonds. The first-order valence-electron chi connectivity index (χ1n) is 7.20. The summed E-state index contributed by atoms with van der Waals surface area (Å²) in [6, 6.07) is 13.4. The first-order chi connectivity index (χ1) is 11.2. The lowest BCUT2D eigenvalue weighted by atomic mass is 10.1. The number of nitrogens with one attached hydrogen (secondary N) is 1. The summed E-state index contributed by atoms with van der Waals surface area (Å²) < 4.78 is 11.8.